The maximum Gasteiger partial charge on any atom is 0.0347 e. The van der Waals surface area contributed by atoms with Crippen molar-refractivity contribution in [3.05, 3.63) is 0 Å². The maximum atomic E-state index is 6.32. The van der Waals surface area contributed by atoms with Gasteiger partial charge >= 0.3 is 0 Å². The summed E-state index contributed by atoms with van der Waals surface area (Å²) < 4.78 is 0. The molecule has 3 heteroatoms. The minimum Gasteiger partial charge on any atom is -0.329 e. The Morgan fingerprint density at radius 3 is 2.60 bits per heavy atom. The molecule has 0 bridgehead atoms. The van der Waals surface area contributed by atoms with Crippen LogP contribution in [0.4, 0.5) is 0 Å². The summed E-state index contributed by atoms with van der Waals surface area (Å²) in [5, 5.41) is 0. The van der Waals surface area contributed by atoms with Crippen LogP contribution in [0.3, 0.4) is 0 Å². The maximum absolute atomic E-state index is 6.32. The predicted molar refractivity (Wildman–Crippen MR) is 87.0 cm³/mol. The third-order valence-electron chi connectivity index (χ3n) is 5.70. The molecule has 3 nitrogen and oxygen atoms in total. The van der Waals surface area contributed by atoms with Gasteiger partial charge in [0.1, 0.15) is 0 Å². The molecule has 0 aliphatic carbocycles. The highest BCUT2D eigenvalue weighted by Crippen LogP contribution is 2.35. The number of nitrogens with two attached hydrogens (primary N) is 1. The fraction of sp³-hybridized carbons (Fsp3) is 1.00. The molecule has 0 aromatic carbocycles. The summed E-state index contributed by atoms with van der Waals surface area (Å²) >= 11 is 0. The van der Waals surface area contributed by atoms with Crippen LogP contribution in [-0.2, 0) is 0 Å². The zero-order chi connectivity index (χ0) is 14.4. The average Bonchev–Trinajstić information content (AvgIpc) is 2.71. The van der Waals surface area contributed by atoms with Gasteiger partial charge in [-0.05, 0) is 64.7 Å². The van der Waals surface area contributed by atoms with Crippen LogP contribution in [0.2, 0.25) is 0 Å². The number of hydrogen-bond donors (Lipinski definition) is 1. The Hall–Kier alpha value is -0.120. The summed E-state index contributed by atoms with van der Waals surface area (Å²) in [7, 11) is 0. The highest BCUT2D eigenvalue weighted by atomic mass is 15.3. The SMILES string of the molecule is CCCC1CCCCN1C1(CN)CCCN(CC)CC1. The Labute approximate surface area is 125 Å². The van der Waals surface area contributed by atoms with E-state index in [2.05, 4.69) is 23.6 Å². The van der Waals surface area contributed by atoms with Crippen molar-refractivity contribution < 1.29 is 0 Å². The molecule has 2 unspecified atom stereocenters. The lowest BCUT2D eigenvalue weighted by molar-refractivity contribution is 0.00788. The van der Waals surface area contributed by atoms with Crippen molar-refractivity contribution in [2.24, 2.45) is 5.73 Å². The van der Waals surface area contributed by atoms with Crippen molar-refractivity contribution in [2.45, 2.75) is 76.8 Å². The van der Waals surface area contributed by atoms with Gasteiger partial charge in [-0.2, -0.15) is 0 Å². The monoisotopic (exact) mass is 281 g/mol. The Morgan fingerprint density at radius 2 is 1.90 bits per heavy atom. The van der Waals surface area contributed by atoms with E-state index in [1.165, 1.54) is 77.5 Å². The lowest BCUT2D eigenvalue weighted by atomic mass is 9.83. The summed E-state index contributed by atoms with van der Waals surface area (Å²) in [6.07, 6.45) is 10.8. The summed E-state index contributed by atoms with van der Waals surface area (Å²) in [5.41, 5.74) is 6.62. The zero-order valence-electron chi connectivity index (χ0n) is 13.7. The van der Waals surface area contributed by atoms with Crippen LogP contribution < -0.4 is 5.73 Å². The molecule has 2 fully saturated rings. The van der Waals surface area contributed by atoms with Crippen molar-refractivity contribution in [3.8, 4) is 0 Å². The molecule has 20 heavy (non-hydrogen) atoms. The normalized spacial score (nSPS) is 34.0. The fourth-order valence-corrected chi connectivity index (χ4v) is 4.42. The molecule has 2 saturated heterocycles. The summed E-state index contributed by atoms with van der Waals surface area (Å²) in [6, 6.07) is 0.797. The smallest absolute Gasteiger partial charge is 0.0347 e. The largest absolute Gasteiger partial charge is 0.329 e. The van der Waals surface area contributed by atoms with Gasteiger partial charge in [0.2, 0.25) is 0 Å². The van der Waals surface area contributed by atoms with Crippen molar-refractivity contribution in [3.63, 3.8) is 0 Å². The predicted octanol–water partition coefficient (Wildman–Crippen LogP) is 2.84. The Kier molecular flexibility index (Phi) is 6.31. The number of likely N-dealkylation sites (tertiary alicyclic amines) is 2. The minimum atomic E-state index is 0.296. The van der Waals surface area contributed by atoms with Crippen molar-refractivity contribution >= 4 is 0 Å². The van der Waals surface area contributed by atoms with E-state index < -0.39 is 0 Å². The molecule has 0 aromatic heterocycles. The molecule has 0 amide bonds. The van der Waals surface area contributed by atoms with Crippen LogP contribution in [0.15, 0.2) is 0 Å². The number of rotatable bonds is 5. The van der Waals surface area contributed by atoms with E-state index in [9.17, 15) is 0 Å². The third-order valence-corrected chi connectivity index (χ3v) is 5.70. The van der Waals surface area contributed by atoms with Crippen molar-refractivity contribution in [2.75, 3.05) is 32.7 Å². The molecular weight excluding hydrogens is 246 g/mol. The quantitative estimate of drug-likeness (QED) is 0.841. The van der Waals surface area contributed by atoms with Gasteiger partial charge in [0.25, 0.3) is 0 Å². The van der Waals surface area contributed by atoms with Crippen LogP contribution >= 0.6 is 0 Å². The molecule has 2 aliphatic heterocycles. The molecule has 2 rings (SSSR count). The van der Waals surface area contributed by atoms with Gasteiger partial charge in [0, 0.05) is 18.1 Å². The third kappa shape index (κ3) is 3.55. The zero-order valence-corrected chi connectivity index (χ0v) is 13.7. The molecule has 0 aromatic rings. The van der Waals surface area contributed by atoms with E-state index in [0.29, 0.717) is 5.54 Å². The van der Waals surface area contributed by atoms with Crippen LogP contribution in [0, 0.1) is 0 Å². The summed E-state index contributed by atoms with van der Waals surface area (Å²) in [6.45, 7) is 10.5. The van der Waals surface area contributed by atoms with Gasteiger partial charge in [0.15, 0.2) is 0 Å². The highest BCUT2D eigenvalue weighted by Gasteiger charge is 2.40. The average molecular weight is 281 g/mol. The minimum absolute atomic E-state index is 0.296. The second kappa shape index (κ2) is 7.77. The van der Waals surface area contributed by atoms with E-state index in [1.54, 1.807) is 0 Å². The van der Waals surface area contributed by atoms with Crippen LogP contribution in [0.25, 0.3) is 0 Å². The first kappa shape index (κ1) is 16.3. The molecule has 2 heterocycles. The van der Waals surface area contributed by atoms with E-state index in [1.807, 2.05) is 0 Å². The molecule has 0 spiro atoms. The van der Waals surface area contributed by atoms with Crippen molar-refractivity contribution in [1.29, 1.82) is 0 Å². The number of piperidine rings is 1. The molecule has 2 N–H and O–H groups in total. The first-order valence-electron chi connectivity index (χ1n) is 8.95. The first-order chi connectivity index (χ1) is 9.75. The van der Waals surface area contributed by atoms with E-state index >= 15 is 0 Å². The standard InChI is InChI=1S/C17H35N3/c1-3-8-16-9-5-6-13-20(16)17(15-18)10-7-12-19(4-2)14-11-17/h16H,3-15,18H2,1-2H3. The van der Waals surface area contributed by atoms with E-state index in [-0.39, 0.29) is 0 Å². The van der Waals surface area contributed by atoms with Gasteiger partial charge in [0.05, 0.1) is 0 Å². The van der Waals surface area contributed by atoms with Gasteiger partial charge in [-0.25, -0.2) is 0 Å². The second-order valence-corrected chi connectivity index (χ2v) is 6.85. The van der Waals surface area contributed by atoms with Gasteiger partial charge in [-0.1, -0.05) is 26.7 Å². The molecule has 2 aliphatic rings. The Balaban J connectivity index is 2.11. The Morgan fingerprint density at radius 1 is 1.05 bits per heavy atom. The number of nitrogens with zero attached hydrogens (tertiary/aromatic N) is 2. The summed E-state index contributed by atoms with van der Waals surface area (Å²) in [4.78, 5) is 5.45. The lowest BCUT2D eigenvalue weighted by Gasteiger charge is -2.50. The van der Waals surface area contributed by atoms with Crippen molar-refractivity contribution in [1.82, 2.24) is 9.80 Å². The number of hydrogen-bond acceptors (Lipinski definition) is 3. The van der Waals surface area contributed by atoms with E-state index in [0.717, 1.165) is 12.6 Å². The lowest BCUT2D eigenvalue weighted by Crippen LogP contribution is -2.59. The molecule has 118 valence electrons. The summed E-state index contributed by atoms with van der Waals surface area (Å²) in [5.74, 6) is 0. The molecule has 0 saturated carbocycles. The molecular formula is C17H35N3. The first-order valence-corrected chi connectivity index (χ1v) is 8.95. The van der Waals surface area contributed by atoms with Gasteiger partial charge < -0.3 is 10.6 Å². The van der Waals surface area contributed by atoms with Crippen LogP contribution in [0.5, 0.6) is 0 Å². The Bertz CT molecular complexity index is 279. The van der Waals surface area contributed by atoms with Crippen LogP contribution in [-0.4, -0.2) is 54.1 Å². The second-order valence-electron chi connectivity index (χ2n) is 6.85. The highest BCUT2D eigenvalue weighted by molar-refractivity contribution is 4.98. The molecule has 2 atom stereocenters. The molecule has 0 radical (unpaired) electrons. The van der Waals surface area contributed by atoms with Gasteiger partial charge in [-0.15, -0.1) is 0 Å². The van der Waals surface area contributed by atoms with E-state index in [4.69, 9.17) is 5.73 Å². The van der Waals surface area contributed by atoms with Gasteiger partial charge in [-0.3, -0.25) is 4.90 Å². The fourth-order valence-electron chi connectivity index (χ4n) is 4.42. The van der Waals surface area contributed by atoms with Crippen LogP contribution in [0.1, 0.15) is 65.2 Å². The topological polar surface area (TPSA) is 32.5 Å².